The number of ether oxygens (including phenoxy) is 1. The van der Waals surface area contributed by atoms with Crippen LogP contribution < -0.4 is 10.6 Å². The average molecular weight is 455 g/mol. The standard InChI is InChI=1S/C23H23ClN4O4/c24-16-5-6-19-18(13-16)15(14-26-19)7-8-25-21(29)22(30)27-20-4-2-1-3-17(20)23(31)28-9-11-32-12-10-28/h1-6,13-14,26H,7-12H2,(H,25,29)(H,27,30). The van der Waals surface area contributed by atoms with Gasteiger partial charge in [-0.2, -0.15) is 0 Å². The number of carbonyl (C=O) groups excluding carboxylic acids is 3. The van der Waals surface area contributed by atoms with Crippen LogP contribution in [0.5, 0.6) is 0 Å². The summed E-state index contributed by atoms with van der Waals surface area (Å²) in [6.45, 7) is 2.21. The van der Waals surface area contributed by atoms with Crippen molar-refractivity contribution in [1.82, 2.24) is 15.2 Å². The lowest BCUT2D eigenvalue weighted by molar-refractivity contribution is -0.136. The van der Waals surface area contributed by atoms with Crippen molar-refractivity contribution in [3.63, 3.8) is 0 Å². The molecule has 9 heteroatoms. The maximum Gasteiger partial charge on any atom is 0.313 e. The first-order chi connectivity index (χ1) is 15.5. The van der Waals surface area contributed by atoms with Crippen LogP contribution >= 0.6 is 11.6 Å². The van der Waals surface area contributed by atoms with Gasteiger partial charge in [0.2, 0.25) is 0 Å². The van der Waals surface area contributed by atoms with Gasteiger partial charge < -0.3 is 25.3 Å². The van der Waals surface area contributed by atoms with E-state index < -0.39 is 11.8 Å². The normalized spacial score (nSPS) is 13.7. The van der Waals surface area contributed by atoms with E-state index in [0.29, 0.717) is 49.0 Å². The Kier molecular flexibility index (Phi) is 6.72. The number of para-hydroxylation sites is 1. The van der Waals surface area contributed by atoms with Crippen LogP contribution in [0.1, 0.15) is 15.9 Å². The molecule has 32 heavy (non-hydrogen) atoms. The van der Waals surface area contributed by atoms with E-state index in [-0.39, 0.29) is 12.5 Å². The number of anilines is 1. The van der Waals surface area contributed by atoms with Gasteiger partial charge in [0.05, 0.1) is 24.5 Å². The molecule has 1 aliphatic heterocycles. The fraction of sp³-hybridized carbons (Fsp3) is 0.261. The highest BCUT2D eigenvalue weighted by molar-refractivity contribution is 6.40. The topological polar surface area (TPSA) is 104 Å². The van der Waals surface area contributed by atoms with E-state index in [1.165, 1.54) is 0 Å². The molecule has 0 atom stereocenters. The third kappa shape index (κ3) is 4.92. The summed E-state index contributed by atoms with van der Waals surface area (Å²) in [6, 6.07) is 12.2. The van der Waals surface area contributed by atoms with E-state index in [2.05, 4.69) is 15.6 Å². The van der Waals surface area contributed by atoms with E-state index in [0.717, 1.165) is 16.5 Å². The number of amides is 3. The SMILES string of the molecule is O=C(NCCc1c[nH]c2ccc(Cl)cc12)C(=O)Nc1ccccc1C(=O)N1CCOCC1. The Morgan fingerprint density at radius 3 is 2.66 bits per heavy atom. The molecule has 3 N–H and O–H groups in total. The number of halogens is 1. The molecule has 0 aliphatic carbocycles. The molecular weight excluding hydrogens is 432 g/mol. The van der Waals surface area contributed by atoms with Crippen LogP contribution in [0.15, 0.2) is 48.7 Å². The highest BCUT2D eigenvalue weighted by Gasteiger charge is 2.23. The third-order valence-electron chi connectivity index (χ3n) is 5.32. The zero-order chi connectivity index (χ0) is 22.5. The lowest BCUT2D eigenvalue weighted by Crippen LogP contribution is -2.41. The van der Waals surface area contributed by atoms with Crippen LogP contribution in [-0.4, -0.2) is 60.5 Å². The predicted octanol–water partition coefficient (Wildman–Crippen LogP) is 2.59. The number of benzene rings is 2. The number of rotatable bonds is 5. The van der Waals surface area contributed by atoms with E-state index in [1.807, 2.05) is 18.3 Å². The molecule has 3 aromatic rings. The van der Waals surface area contributed by atoms with Crippen molar-refractivity contribution < 1.29 is 19.1 Å². The van der Waals surface area contributed by atoms with Crippen LogP contribution in [-0.2, 0) is 20.7 Å². The molecule has 3 amide bonds. The van der Waals surface area contributed by atoms with Gasteiger partial charge in [0.1, 0.15) is 0 Å². The summed E-state index contributed by atoms with van der Waals surface area (Å²) in [4.78, 5) is 42.4. The molecule has 1 saturated heterocycles. The van der Waals surface area contributed by atoms with E-state index >= 15 is 0 Å². The summed E-state index contributed by atoms with van der Waals surface area (Å²) >= 11 is 6.07. The van der Waals surface area contributed by atoms with Gasteiger partial charge in [0, 0.05) is 41.8 Å². The zero-order valence-electron chi connectivity index (χ0n) is 17.3. The second-order valence-corrected chi connectivity index (χ2v) is 7.85. The number of aromatic nitrogens is 1. The van der Waals surface area contributed by atoms with Gasteiger partial charge in [-0.1, -0.05) is 23.7 Å². The van der Waals surface area contributed by atoms with Crippen LogP contribution in [0, 0.1) is 0 Å². The van der Waals surface area contributed by atoms with Gasteiger partial charge >= 0.3 is 11.8 Å². The monoisotopic (exact) mass is 454 g/mol. The highest BCUT2D eigenvalue weighted by Crippen LogP contribution is 2.22. The van der Waals surface area contributed by atoms with Gasteiger partial charge in [0.15, 0.2) is 0 Å². The first kappa shape index (κ1) is 21.9. The molecule has 4 rings (SSSR count). The maximum atomic E-state index is 12.8. The summed E-state index contributed by atoms with van der Waals surface area (Å²) in [7, 11) is 0. The molecule has 166 valence electrons. The molecule has 2 aromatic carbocycles. The van der Waals surface area contributed by atoms with Crippen molar-refractivity contribution in [2.45, 2.75) is 6.42 Å². The summed E-state index contributed by atoms with van der Waals surface area (Å²) < 4.78 is 5.28. The van der Waals surface area contributed by atoms with E-state index in [1.54, 1.807) is 35.2 Å². The molecule has 1 aliphatic rings. The number of morpholine rings is 1. The van der Waals surface area contributed by atoms with Gasteiger partial charge in [-0.05, 0) is 42.3 Å². The van der Waals surface area contributed by atoms with Crippen molar-refractivity contribution in [2.75, 3.05) is 38.2 Å². The molecule has 0 unspecified atom stereocenters. The number of carbonyl (C=O) groups is 3. The fourth-order valence-corrected chi connectivity index (χ4v) is 3.82. The minimum absolute atomic E-state index is 0.206. The zero-order valence-corrected chi connectivity index (χ0v) is 18.1. The van der Waals surface area contributed by atoms with Crippen molar-refractivity contribution >= 4 is 45.9 Å². The number of nitrogens with one attached hydrogen (secondary N) is 3. The molecule has 0 bridgehead atoms. The smallest absolute Gasteiger partial charge is 0.313 e. The minimum atomic E-state index is -0.825. The molecule has 0 saturated carbocycles. The predicted molar refractivity (Wildman–Crippen MR) is 122 cm³/mol. The Morgan fingerprint density at radius 1 is 1.06 bits per heavy atom. The summed E-state index contributed by atoms with van der Waals surface area (Å²) in [6.07, 6.45) is 2.40. The van der Waals surface area contributed by atoms with Crippen LogP contribution in [0.3, 0.4) is 0 Å². The van der Waals surface area contributed by atoms with E-state index in [4.69, 9.17) is 16.3 Å². The van der Waals surface area contributed by atoms with E-state index in [9.17, 15) is 14.4 Å². The Labute approximate surface area is 189 Å². The van der Waals surface area contributed by atoms with Gasteiger partial charge in [-0.25, -0.2) is 0 Å². The largest absolute Gasteiger partial charge is 0.378 e. The second kappa shape index (κ2) is 9.84. The van der Waals surface area contributed by atoms with Gasteiger partial charge in [-0.3, -0.25) is 14.4 Å². The fourth-order valence-electron chi connectivity index (χ4n) is 3.64. The second-order valence-electron chi connectivity index (χ2n) is 7.41. The minimum Gasteiger partial charge on any atom is -0.378 e. The number of hydrogen-bond acceptors (Lipinski definition) is 4. The molecule has 1 aromatic heterocycles. The van der Waals surface area contributed by atoms with Crippen molar-refractivity contribution in [3.8, 4) is 0 Å². The number of aromatic amines is 1. The molecule has 0 spiro atoms. The number of H-pyrrole nitrogens is 1. The molecular formula is C23H23ClN4O4. The Bertz CT molecular complexity index is 1150. The highest BCUT2D eigenvalue weighted by atomic mass is 35.5. The lowest BCUT2D eigenvalue weighted by Gasteiger charge is -2.27. The van der Waals surface area contributed by atoms with Gasteiger partial charge in [-0.15, -0.1) is 0 Å². The Balaban J connectivity index is 1.35. The number of hydrogen-bond donors (Lipinski definition) is 3. The first-order valence-electron chi connectivity index (χ1n) is 10.3. The number of fused-ring (bicyclic) bond motifs is 1. The van der Waals surface area contributed by atoms with Crippen molar-refractivity contribution in [2.24, 2.45) is 0 Å². The van der Waals surface area contributed by atoms with Gasteiger partial charge in [0.25, 0.3) is 5.91 Å². The molecule has 0 radical (unpaired) electrons. The summed E-state index contributed by atoms with van der Waals surface area (Å²) in [5.74, 6) is -1.80. The van der Waals surface area contributed by atoms with Crippen LogP contribution in [0.4, 0.5) is 5.69 Å². The Hall–Kier alpha value is -3.36. The van der Waals surface area contributed by atoms with Crippen molar-refractivity contribution in [3.05, 3.63) is 64.8 Å². The summed E-state index contributed by atoms with van der Waals surface area (Å²) in [5.41, 5.74) is 2.58. The van der Waals surface area contributed by atoms with Crippen LogP contribution in [0.25, 0.3) is 10.9 Å². The maximum absolute atomic E-state index is 12.8. The Morgan fingerprint density at radius 2 is 1.84 bits per heavy atom. The molecule has 1 fully saturated rings. The molecule has 2 heterocycles. The van der Waals surface area contributed by atoms with Crippen LogP contribution in [0.2, 0.25) is 5.02 Å². The lowest BCUT2D eigenvalue weighted by atomic mass is 10.1. The third-order valence-corrected chi connectivity index (χ3v) is 5.55. The summed E-state index contributed by atoms with van der Waals surface area (Å²) in [5, 5.41) is 6.79. The number of nitrogens with zero attached hydrogens (tertiary/aromatic N) is 1. The first-order valence-corrected chi connectivity index (χ1v) is 10.7. The average Bonchev–Trinajstić information content (AvgIpc) is 3.21. The quantitative estimate of drug-likeness (QED) is 0.515. The van der Waals surface area contributed by atoms with Crippen molar-refractivity contribution in [1.29, 1.82) is 0 Å². The molecule has 8 nitrogen and oxygen atoms in total.